The first-order valence-electron chi connectivity index (χ1n) is 10.1. The summed E-state index contributed by atoms with van der Waals surface area (Å²) in [4.78, 5) is 20.5. The molecule has 1 amide bonds. The van der Waals surface area contributed by atoms with E-state index in [0.717, 1.165) is 48.3 Å². The van der Waals surface area contributed by atoms with Crippen LogP contribution >= 0.6 is 0 Å². The highest BCUT2D eigenvalue weighted by molar-refractivity contribution is 6.06. The molecule has 0 spiro atoms. The maximum atomic E-state index is 13.6. The van der Waals surface area contributed by atoms with Gasteiger partial charge in [-0.25, -0.2) is 0 Å². The van der Waals surface area contributed by atoms with Crippen LogP contribution in [0, 0.1) is 16.7 Å². The lowest BCUT2D eigenvalue weighted by Gasteiger charge is -2.56. The number of benzene rings is 1. The van der Waals surface area contributed by atoms with Crippen molar-refractivity contribution in [2.45, 2.75) is 39.0 Å². The Morgan fingerprint density at radius 2 is 2.07 bits per heavy atom. The monoisotopic (exact) mass is 364 g/mol. The van der Waals surface area contributed by atoms with Crippen molar-refractivity contribution in [3.63, 3.8) is 0 Å². The van der Waals surface area contributed by atoms with Crippen molar-refractivity contribution in [3.05, 3.63) is 41.6 Å². The van der Waals surface area contributed by atoms with E-state index in [4.69, 9.17) is 9.72 Å². The number of methoxy groups -OCH3 is 1. The molecule has 3 fully saturated rings. The van der Waals surface area contributed by atoms with Crippen LogP contribution in [0.2, 0.25) is 0 Å². The van der Waals surface area contributed by atoms with Gasteiger partial charge in [0.05, 0.1) is 17.7 Å². The van der Waals surface area contributed by atoms with Gasteiger partial charge in [0, 0.05) is 42.6 Å². The molecule has 0 unspecified atom stereocenters. The van der Waals surface area contributed by atoms with Crippen molar-refractivity contribution in [1.29, 1.82) is 0 Å². The fourth-order valence-electron chi connectivity index (χ4n) is 5.89. The molecular formula is C23H28N2O2. The van der Waals surface area contributed by atoms with Gasteiger partial charge in [0.1, 0.15) is 0 Å². The predicted molar refractivity (Wildman–Crippen MR) is 106 cm³/mol. The van der Waals surface area contributed by atoms with Gasteiger partial charge >= 0.3 is 0 Å². The number of likely N-dealkylation sites (tertiary alicyclic amines) is 1. The third-order valence-corrected chi connectivity index (χ3v) is 7.08. The summed E-state index contributed by atoms with van der Waals surface area (Å²) in [6.07, 6.45) is 3.51. The van der Waals surface area contributed by atoms with Gasteiger partial charge in [-0.15, -0.1) is 0 Å². The number of para-hydroxylation sites is 1. The van der Waals surface area contributed by atoms with Crippen LogP contribution in [-0.4, -0.2) is 42.6 Å². The molecule has 0 radical (unpaired) electrons. The lowest BCUT2D eigenvalue weighted by molar-refractivity contribution is -0.107. The lowest BCUT2D eigenvalue weighted by Crippen LogP contribution is -2.55. The number of hydrogen-bond acceptors (Lipinski definition) is 3. The Morgan fingerprint density at radius 1 is 1.30 bits per heavy atom. The average Bonchev–Trinajstić information content (AvgIpc) is 3.43. The highest BCUT2D eigenvalue weighted by Gasteiger charge is 2.63. The summed E-state index contributed by atoms with van der Waals surface area (Å²) < 4.78 is 5.56. The van der Waals surface area contributed by atoms with E-state index in [1.54, 1.807) is 7.11 Å². The van der Waals surface area contributed by atoms with Crippen LogP contribution in [0.4, 0.5) is 0 Å². The zero-order chi connectivity index (χ0) is 18.8. The number of carbonyl (C=O) groups excluding carboxylic acids is 1. The second kappa shape index (κ2) is 5.78. The molecule has 2 aliphatic carbocycles. The van der Waals surface area contributed by atoms with Gasteiger partial charge in [0.25, 0.3) is 5.91 Å². The molecule has 2 atom stereocenters. The Kier molecular flexibility index (Phi) is 3.68. The number of fused-ring (bicyclic) bond motifs is 2. The third-order valence-electron chi connectivity index (χ3n) is 7.08. The van der Waals surface area contributed by atoms with Crippen molar-refractivity contribution in [3.8, 4) is 0 Å². The van der Waals surface area contributed by atoms with Gasteiger partial charge < -0.3 is 9.64 Å². The molecule has 4 heteroatoms. The van der Waals surface area contributed by atoms with Crippen molar-refractivity contribution in [1.82, 2.24) is 9.88 Å². The maximum absolute atomic E-state index is 13.6. The number of ether oxygens (including phenoxy) is 1. The number of aromatic nitrogens is 1. The topological polar surface area (TPSA) is 42.4 Å². The van der Waals surface area contributed by atoms with Crippen LogP contribution in [0.5, 0.6) is 0 Å². The summed E-state index contributed by atoms with van der Waals surface area (Å²) in [5.74, 6) is 1.22. The first-order valence-corrected chi connectivity index (χ1v) is 10.1. The molecule has 5 rings (SSSR count). The minimum absolute atomic E-state index is 0.135. The molecule has 1 aromatic heterocycles. The Labute approximate surface area is 160 Å². The smallest absolute Gasteiger partial charge is 0.254 e. The van der Waals surface area contributed by atoms with Gasteiger partial charge in [-0.3, -0.25) is 9.78 Å². The molecule has 0 bridgehead atoms. The summed E-state index contributed by atoms with van der Waals surface area (Å²) in [5.41, 5.74) is 3.28. The number of nitrogens with zero attached hydrogens (tertiary/aromatic N) is 2. The zero-order valence-electron chi connectivity index (χ0n) is 16.5. The Hall–Kier alpha value is -1.94. The SMILES string of the molecule is COC[C@@]12CN(C(=O)c3cc(C4CC4)nc4ccccc34)C[C@@H]1C(C)(C)C2. The highest BCUT2D eigenvalue weighted by atomic mass is 16.5. The number of rotatable bonds is 4. The second-order valence-electron chi connectivity index (χ2n) is 9.59. The number of pyridine rings is 1. The van der Waals surface area contributed by atoms with Crippen molar-refractivity contribution < 1.29 is 9.53 Å². The summed E-state index contributed by atoms with van der Waals surface area (Å²) in [5, 5.41) is 0.978. The van der Waals surface area contributed by atoms with Gasteiger partial charge in [-0.2, -0.15) is 0 Å². The van der Waals surface area contributed by atoms with Crippen LogP contribution < -0.4 is 0 Å². The summed E-state index contributed by atoms with van der Waals surface area (Å²) in [7, 11) is 1.78. The number of amides is 1. The predicted octanol–water partition coefficient (Wildman–Crippen LogP) is 4.25. The van der Waals surface area contributed by atoms with Gasteiger partial charge in [-0.1, -0.05) is 32.0 Å². The Morgan fingerprint density at radius 3 is 2.78 bits per heavy atom. The number of hydrogen-bond donors (Lipinski definition) is 0. The average molecular weight is 364 g/mol. The van der Waals surface area contributed by atoms with Crippen molar-refractivity contribution in [2.75, 3.05) is 26.8 Å². The van der Waals surface area contributed by atoms with E-state index in [0.29, 0.717) is 11.8 Å². The Balaban J connectivity index is 1.51. The van der Waals surface area contributed by atoms with E-state index in [9.17, 15) is 4.79 Å². The quantitative estimate of drug-likeness (QED) is 0.815. The van der Waals surface area contributed by atoms with Crippen LogP contribution in [0.3, 0.4) is 0 Å². The molecule has 2 heterocycles. The Bertz CT molecular complexity index is 918. The highest BCUT2D eigenvalue weighted by Crippen LogP contribution is 2.62. The van der Waals surface area contributed by atoms with E-state index in [1.807, 2.05) is 24.3 Å². The van der Waals surface area contributed by atoms with Crippen molar-refractivity contribution >= 4 is 16.8 Å². The third kappa shape index (κ3) is 2.60. The first kappa shape index (κ1) is 17.2. The minimum atomic E-state index is 0.135. The molecule has 1 aromatic carbocycles. The van der Waals surface area contributed by atoms with Crippen LogP contribution in [0.1, 0.15) is 55.1 Å². The molecule has 2 aromatic rings. The maximum Gasteiger partial charge on any atom is 0.254 e. The second-order valence-corrected chi connectivity index (χ2v) is 9.59. The number of carbonyl (C=O) groups is 1. The van der Waals surface area contributed by atoms with E-state index < -0.39 is 0 Å². The fraction of sp³-hybridized carbons (Fsp3) is 0.565. The molecule has 3 aliphatic rings. The molecule has 2 saturated carbocycles. The van der Waals surface area contributed by atoms with Gasteiger partial charge in [0.15, 0.2) is 0 Å². The largest absolute Gasteiger partial charge is 0.384 e. The molecule has 1 aliphatic heterocycles. The zero-order valence-corrected chi connectivity index (χ0v) is 16.5. The van der Waals surface area contributed by atoms with Gasteiger partial charge in [-0.05, 0) is 42.7 Å². The van der Waals surface area contributed by atoms with Gasteiger partial charge in [0.2, 0.25) is 0 Å². The van der Waals surface area contributed by atoms with E-state index >= 15 is 0 Å². The fourth-order valence-corrected chi connectivity index (χ4v) is 5.89. The molecule has 0 N–H and O–H groups in total. The lowest BCUT2D eigenvalue weighted by atomic mass is 9.48. The standard InChI is InChI=1S/C23H28N2O2/c1-22(2)12-23(14-27-3)13-25(11-20(22)23)21(26)17-10-19(15-8-9-15)24-18-7-5-4-6-16(17)18/h4-7,10,15,20H,8-9,11-14H2,1-3H3/t20-,23-/m1/s1. The molecule has 142 valence electrons. The summed E-state index contributed by atoms with van der Waals surface area (Å²) in [6, 6.07) is 10.1. The van der Waals surface area contributed by atoms with E-state index in [1.165, 1.54) is 12.8 Å². The molecule has 4 nitrogen and oxygen atoms in total. The molecule has 27 heavy (non-hydrogen) atoms. The molecular weight excluding hydrogens is 336 g/mol. The minimum Gasteiger partial charge on any atom is -0.384 e. The molecule has 1 saturated heterocycles. The summed E-state index contributed by atoms with van der Waals surface area (Å²) >= 11 is 0. The van der Waals surface area contributed by atoms with Crippen LogP contribution in [0.15, 0.2) is 30.3 Å². The van der Waals surface area contributed by atoms with E-state index in [2.05, 4.69) is 24.8 Å². The first-order chi connectivity index (χ1) is 12.9. The summed E-state index contributed by atoms with van der Waals surface area (Å²) in [6.45, 7) is 7.04. The van der Waals surface area contributed by atoms with Crippen molar-refractivity contribution in [2.24, 2.45) is 16.7 Å². The van der Waals surface area contributed by atoms with E-state index in [-0.39, 0.29) is 16.7 Å². The normalized spacial score (nSPS) is 28.9. The van der Waals surface area contributed by atoms with Crippen LogP contribution in [-0.2, 0) is 4.74 Å². The van der Waals surface area contributed by atoms with Crippen LogP contribution in [0.25, 0.3) is 10.9 Å².